The van der Waals surface area contributed by atoms with E-state index in [-0.39, 0.29) is 5.41 Å². The van der Waals surface area contributed by atoms with Crippen molar-refractivity contribution in [3.8, 4) is 5.88 Å². The molecule has 1 N–H and O–H groups in total. The van der Waals surface area contributed by atoms with E-state index in [2.05, 4.69) is 49.9 Å². The average Bonchev–Trinajstić information content (AvgIpc) is 2.95. The first kappa shape index (κ1) is 16.3. The summed E-state index contributed by atoms with van der Waals surface area (Å²) in [5.74, 6) is 3.43. The molecule has 0 bridgehead atoms. The lowest BCUT2D eigenvalue weighted by Gasteiger charge is -2.19. The van der Waals surface area contributed by atoms with E-state index in [0.717, 1.165) is 17.4 Å². The molecule has 0 aliphatic carbocycles. The van der Waals surface area contributed by atoms with Crippen molar-refractivity contribution in [1.82, 2.24) is 9.97 Å². The normalized spacial score (nSPS) is 11.7. The third-order valence-electron chi connectivity index (χ3n) is 2.96. The fraction of sp³-hybridized carbons (Fsp3) is 0.529. The number of rotatable bonds is 6. The minimum Gasteiger partial charge on any atom is -0.477 e. The number of aromatic nitrogens is 2. The first-order valence-electron chi connectivity index (χ1n) is 7.63. The molecular formula is C17H25N3O2. The first-order valence-corrected chi connectivity index (χ1v) is 7.63. The van der Waals surface area contributed by atoms with Crippen molar-refractivity contribution >= 4 is 5.82 Å². The van der Waals surface area contributed by atoms with Gasteiger partial charge in [0.1, 0.15) is 17.4 Å². The van der Waals surface area contributed by atoms with Gasteiger partial charge in [-0.25, -0.2) is 4.98 Å². The number of nitrogens with zero attached hydrogens (tertiary/aromatic N) is 2. The second-order valence-electron chi connectivity index (χ2n) is 6.80. The molecule has 22 heavy (non-hydrogen) atoms. The first-order chi connectivity index (χ1) is 10.3. The molecule has 0 aliphatic heterocycles. The van der Waals surface area contributed by atoms with Crippen LogP contribution in [0.4, 0.5) is 5.82 Å². The topological polar surface area (TPSA) is 60.2 Å². The Morgan fingerprint density at radius 1 is 1.27 bits per heavy atom. The molecule has 0 unspecified atom stereocenters. The van der Waals surface area contributed by atoms with Crippen LogP contribution >= 0.6 is 0 Å². The predicted octanol–water partition coefficient (Wildman–Crippen LogP) is 4.01. The monoisotopic (exact) mass is 303 g/mol. The summed E-state index contributed by atoms with van der Waals surface area (Å²) < 4.78 is 11.1. The van der Waals surface area contributed by atoms with E-state index in [1.165, 1.54) is 0 Å². The van der Waals surface area contributed by atoms with Crippen LogP contribution in [0.5, 0.6) is 5.88 Å². The van der Waals surface area contributed by atoms with Crippen LogP contribution in [0.3, 0.4) is 0 Å². The quantitative estimate of drug-likeness (QED) is 0.873. The maximum atomic E-state index is 5.77. The van der Waals surface area contributed by atoms with Gasteiger partial charge in [0.05, 0.1) is 19.4 Å². The third kappa shape index (κ3) is 4.76. The van der Waals surface area contributed by atoms with Gasteiger partial charge >= 0.3 is 0 Å². The number of hydrogen-bond acceptors (Lipinski definition) is 5. The molecule has 5 nitrogen and oxygen atoms in total. The molecule has 2 heterocycles. The standard InChI is InChI=1S/C17H25N3O2/c1-12(2)11-22-15-9-14(18-10-13-7-6-8-21-13)19-16(20-15)17(3,4)5/h6-9,12H,10-11H2,1-5H3,(H,18,19,20). The smallest absolute Gasteiger partial charge is 0.218 e. The Labute approximate surface area is 132 Å². The van der Waals surface area contributed by atoms with Crippen molar-refractivity contribution in [3.63, 3.8) is 0 Å². The van der Waals surface area contributed by atoms with Crippen LogP contribution in [0.1, 0.15) is 46.2 Å². The summed E-state index contributed by atoms with van der Waals surface area (Å²) in [6.07, 6.45) is 1.66. The highest BCUT2D eigenvalue weighted by Gasteiger charge is 2.19. The highest BCUT2D eigenvalue weighted by atomic mass is 16.5. The van der Waals surface area contributed by atoms with E-state index in [0.29, 0.717) is 24.9 Å². The Morgan fingerprint density at radius 2 is 2.05 bits per heavy atom. The van der Waals surface area contributed by atoms with Gasteiger partial charge in [-0.05, 0) is 18.1 Å². The summed E-state index contributed by atoms with van der Waals surface area (Å²) in [5, 5.41) is 3.26. The number of hydrogen-bond donors (Lipinski definition) is 1. The SMILES string of the molecule is CC(C)COc1cc(NCc2ccco2)nc(C(C)(C)C)n1. The minimum atomic E-state index is -0.141. The van der Waals surface area contributed by atoms with E-state index in [1.54, 1.807) is 6.26 Å². The van der Waals surface area contributed by atoms with Crippen molar-refractivity contribution in [2.45, 2.75) is 46.6 Å². The van der Waals surface area contributed by atoms with Gasteiger partial charge in [-0.2, -0.15) is 4.98 Å². The Balaban J connectivity index is 2.17. The Kier molecular flexibility index (Phi) is 5.06. The fourth-order valence-electron chi connectivity index (χ4n) is 1.77. The maximum Gasteiger partial charge on any atom is 0.218 e. The van der Waals surface area contributed by atoms with Crippen molar-refractivity contribution in [1.29, 1.82) is 0 Å². The van der Waals surface area contributed by atoms with Crippen LogP contribution in [0.15, 0.2) is 28.9 Å². The lowest BCUT2D eigenvalue weighted by molar-refractivity contribution is 0.259. The lowest BCUT2D eigenvalue weighted by atomic mass is 9.96. The van der Waals surface area contributed by atoms with Crippen LogP contribution in [0.25, 0.3) is 0 Å². The molecule has 2 aromatic heterocycles. The summed E-state index contributed by atoms with van der Waals surface area (Å²) in [7, 11) is 0. The second kappa shape index (κ2) is 6.81. The van der Waals surface area contributed by atoms with Crippen LogP contribution in [-0.2, 0) is 12.0 Å². The van der Waals surface area contributed by atoms with Gasteiger partial charge in [-0.3, -0.25) is 0 Å². The Morgan fingerprint density at radius 3 is 2.64 bits per heavy atom. The summed E-state index contributed by atoms with van der Waals surface area (Å²) >= 11 is 0. The molecule has 2 aromatic rings. The van der Waals surface area contributed by atoms with Gasteiger partial charge in [-0.15, -0.1) is 0 Å². The maximum absolute atomic E-state index is 5.77. The molecule has 0 amide bonds. The van der Waals surface area contributed by atoms with Crippen molar-refractivity contribution in [2.24, 2.45) is 5.92 Å². The largest absolute Gasteiger partial charge is 0.477 e. The zero-order valence-electron chi connectivity index (χ0n) is 14.0. The molecule has 0 atom stereocenters. The Bertz CT molecular complexity index is 586. The summed E-state index contributed by atoms with van der Waals surface area (Å²) in [6, 6.07) is 5.63. The van der Waals surface area contributed by atoms with Crippen LogP contribution in [-0.4, -0.2) is 16.6 Å². The molecule has 0 aliphatic rings. The van der Waals surface area contributed by atoms with E-state index >= 15 is 0 Å². The van der Waals surface area contributed by atoms with Gasteiger partial charge in [0.2, 0.25) is 5.88 Å². The predicted molar refractivity (Wildman–Crippen MR) is 87.1 cm³/mol. The number of ether oxygens (including phenoxy) is 1. The summed E-state index contributed by atoms with van der Waals surface area (Å²) in [6.45, 7) is 11.7. The zero-order chi connectivity index (χ0) is 16.2. The van der Waals surface area contributed by atoms with E-state index < -0.39 is 0 Å². The van der Waals surface area contributed by atoms with E-state index in [1.807, 2.05) is 18.2 Å². The Hall–Kier alpha value is -2.04. The van der Waals surface area contributed by atoms with Crippen molar-refractivity contribution in [3.05, 3.63) is 36.0 Å². The summed E-state index contributed by atoms with van der Waals surface area (Å²) in [5.41, 5.74) is -0.141. The molecule has 0 aromatic carbocycles. The number of anilines is 1. The van der Waals surface area contributed by atoms with Crippen LogP contribution < -0.4 is 10.1 Å². The molecular weight excluding hydrogens is 278 g/mol. The van der Waals surface area contributed by atoms with Crippen molar-refractivity contribution in [2.75, 3.05) is 11.9 Å². The highest BCUT2D eigenvalue weighted by molar-refractivity contribution is 5.39. The number of furan rings is 1. The molecule has 0 spiro atoms. The molecule has 5 heteroatoms. The van der Waals surface area contributed by atoms with Gasteiger partial charge in [-0.1, -0.05) is 34.6 Å². The third-order valence-corrected chi connectivity index (χ3v) is 2.96. The summed E-state index contributed by atoms with van der Waals surface area (Å²) in [4.78, 5) is 9.11. The van der Waals surface area contributed by atoms with E-state index in [4.69, 9.17) is 9.15 Å². The molecule has 0 radical (unpaired) electrons. The highest BCUT2D eigenvalue weighted by Crippen LogP contribution is 2.24. The molecule has 0 fully saturated rings. The molecule has 0 saturated carbocycles. The van der Waals surface area contributed by atoms with Crippen LogP contribution in [0, 0.1) is 5.92 Å². The molecule has 0 saturated heterocycles. The van der Waals surface area contributed by atoms with Gasteiger partial charge in [0.15, 0.2) is 0 Å². The second-order valence-corrected chi connectivity index (χ2v) is 6.80. The fourth-order valence-corrected chi connectivity index (χ4v) is 1.77. The van der Waals surface area contributed by atoms with Gasteiger partial charge in [0.25, 0.3) is 0 Å². The van der Waals surface area contributed by atoms with Crippen molar-refractivity contribution < 1.29 is 9.15 Å². The molecule has 2 rings (SSSR count). The average molecular weight is 303 g/mol. The number of nitrogens with one attached hydrogen (secondary N) is 1. The molecule has 120 valence electrons. The minimum absolute atomic E-state index is 0.141. The van der Waals surface area contributed by atoms with Crippen LogP contribution in [0.2, 0.25) is 0 Å². The van der Waals surface area contributed by atoms with Gasteiger partial charge < -0.3 is 14.5 Å². The zero-order valence-corrected chi connectivity index (χ0v) is 14.0. The lowest BCUT2D eigenvalue weighted by Crippen LogP contribution is -2.18. The van der Waals surface area contributed by atoms with Gasteiger partial charge in [0, 0.05) is 11.5 Å². The van der Waals surface area contributed by atoms with E-state index in [9.17, 15) is 0 Å².